The summed E-state index contributed by atoms with van der Waals surface area (Å²) in [5, 5.41) is 18.3. The predicted octanol–water partition coefficient (Wildman–Crippen LogP) is 3.91. The first-order valence-electron chi connectivity index (χ1n) is 12.1. The lowest BCUT2D eigenvalue weighted by molar-refractivity contribution is 0.355. The molecule has 0 radical (unpaired) electrons. The van der Waals surface area contributed by atoms with Crippen LogP contribution in [0.4, 0.5) is 0 Å². The van der Waals surface area contributed by atoms with E-state index in [1.807, 2.05) is 45.9 Å². The van der Waals surface area contributed by atoms with Gasteiger partial charge >= 0.3 is 7.12 Å². The Kier molecular flexibility index (Phi) is 12.6. The van der Waals surface area contributed by atoms with Crippen molar-refractivity contribution in [3.05, 3.63) is 76.7 Å². The van der Waals surface area contributed by atoms with Crippen LogP contribution in [0.5, 0.6) is 23.0 Å². The van der Waals surface area contributed by atoms with E-state index in [0.29, 0.717) is 33.6 Å². The van der Waals surface area contributed by atoms with Gasteiger partial charge in [-0.2, -0.15) is 0 Å². The number of nitrogens with zero attached hydrogens (tertiary/aromatic N) is 4. The molecule has 40 heavy (non-hydrogen) atoms. The number of halogens is 1. The van der Waals surface area contributed by atoms with Crippen LogP contribution in [-0.4, -0.2) is 65.5 Å². The van der Waals surface area contributed by atoms with Crippen molar-refractivity contribution in [2.24, 2.45) is 0 Å². The average Bonchev–Trinajstić information content (AvgIpc) is 2.95. The molecule has 10 nitrogen and oxygen atoms in total. The monoisotopic (exact) mass is 568 g/mol. The molecule has 4 aromatic rings. The van der Waals surface area contributed by atoms with Crippen molar-refractivity contribution in [1.82, 2.24) is 19.9 Å². The van der Waals surface area contributed by atoms with Crippen LogP contribution in [0.1, 0.15) is 22.8 Å². The van der Waals surface area contributed by atoms with Crippen molar-refractivity contribution in [1.29, 1.82) is 0 Å². The minimum atomic E-state index is -1.51. The molecular formula is C28H34BClN4O6. The molecule has 0 aliphatic carbocycles. The lowest BCUT2D eigenvalue weighted by Gasteiger charge is -2.10. The average molecular weight is 569 g/mol. The van der Waals surface area contributed by atoms with Crippen LogP contribution < -0.4 is 24.4 Å². The van der Waals surface area contributed by atoms with Crippen LogP contribution in [0.2, 0.25) is 5.15 Å². The van der Waals surface area contributed by atoms with Crippen LogP contribution in [-0.2, 0) is 0 Å². The number of benzene rings is 2. The molecule has 2 aromatic heterocycles. The van der Waals surface area contributed by atoms with E-state index < -0.39 is 7.12 Å². The first-order valence-corrected chi connectivity index (χ1v) is 12.5. The molecule has 0 aliphatic heterocycles. The lowest BCUT2D eigenvalue weighted by Crippen LogP contribution is -2.29. The molecule has 4 rings (SSSR count). The van der Waals surface area contributed by atoms with Gasteiger partial charge in [-0.3, -0.25) is 15.0 Å². The van der Waals surface area contributed by atoms with Gasteiger partial charge in [-0.25, -0.2) is 4.98 Å². The summed E-state index contributed by atoms with van der Waals surface area (Å²) in [6.07, 6.45) is 3.41. The maximum atomic E-state index is 8.91. The topological polar surface area (TPSA) is 129 Å². The molecule has 2 heterocycles. The second kappa shape index (κ2) is 15.6. The number of hydrogen-bond donors (Lipinski definition) is 2. The number of ether oxygens (including phenoxy) is 4. The van der Waals surface area contributed by atoms with Crippen molar-refractivity contribution in [3.63, 3.8) is 0 Å². The summed E-state index contributed by atoms with van der Waals surface area (Å²) in [4.78, 5) is 16.8. The van der Waals surface area contributed by atoms with E-state index in [-0.39, 0.29) is 0 Å². The van der Waals surface area contributed by atoms with Crippen molar-refractivity contribution in [3.8, 4) is 34.3 Å². The molecule has 0 fully saturated rings. The van der Waals surface area contributed by atoms with Gasteiger partial charge in [0.1, 0.15) is 16.7 Å². The van der Waals surface area contributed by atoms with E-state index in [9.17, 15) is 0 Å². The van der Waals surface area contributed by atoms with Crippen molar-refractivity contribution >= 4 is 24.2 Å². The van der Waals surface area contributed by atoms with Crippen molar-refractivity contribution in [2.75, 3.05) is 28.4 Å². The third-order valence-corrected chi connectivity index (χ3v) is 5.77. The molecule has 0 atom stereocenters. The van der Waals surface area contributed by atoms with Crippen LogP contribution in [0.3, 0.4) is 0 Å². The van der Waals surface area contributed by atoms with Gasteiger partial charge in [-0.05, 0) is 63.5 Å². The summed E-state index contributed by atoms with van der Waals surface area (Å²) in [5.74, 6) is 2.46. The second-order valence-corrected chi connectivity index (χ2v) is 8.78. The molecule has 0 saturated heterocycles. The Morgan fingerprint density at radius 3 is 1.68 bits per heavy atom. The molecule has 212 valence electrons. The van der Waals surface area contributed by atoms with E-state index >= 15 is 0 Å². The normalized spacial score (nSPS) is 9.88. The molecule has 0 unspecified atom stereocenters. The Balaban J connectivity index is 0.000000224. The summed E-state index contributed by atoms with van der Waals surface area (Å²) in [6, 6.07) is 10.5. The zero-order valence-corrected chi connectivity index (χ0v) is 24.6. The highest BCUT2D eigenvalue weighted by atomic mass is 35.5. The number of aromatic nitrogens is 4. The number of methoxy groups -OCH3 is 4. The second-order valence-electron chi connectivity index (χ2n) is 8.42. The molecule has 0 amide bonds. The molecular weight excluding hydrogens is 535 g/mol. The first kappa shape index (κ1) is 32.3. The maximum absolute atomic E-state index is 8.91. The lowest BCUT2D eigenvalue weighted by atomic mass is 9.80. The predicted molar refractivity (Wildman–Crippen MR) is 156 cm³/mol. The molecule has 0 bridgehead atoms. The zero-order valence-electron chi connectivity index (χ0n) is 23.9. The summed E-state index contributed by atoms with van der Waals surface area (Å²) < 4.78 is 20.4. The fraction of sp³-hybridized carbons (Fsp3) is 0.286. The van der Waals surface area contributed by atoms with Gasteiger partial charge in [-0.1, -0.05) is 11.6 Å². The maximum Gasteiger partial charge on any atom is 0.488 e. The van der Waals surface area contributed by atoms with Gasteiger partial charge in [-0.15, -0.1) is 0 Å². The van der Waals surface area contributed by atoms with Gasteiger partial charge in [0.15, 0.2) is 11.5 Å². The van der Waals surface area contributed by atoms with Crippen molar-refractivity contribution in [2.45, 2.75) is 27.7 Å². The van der Waals surface area contributed by atoms with E-state index in [2.05, 4.69) is 19.9 Å². The largest absolute Gasteiger partial charge is 0.497 e. The van der Waals surface area contributed by atoms with Crippen LogP contribution in [0.15, 0.2) is 48.8 Å². The molecule has 0 spiro atoms. The quantitative estimate of drug-likeness (QED) is 0.330. The minimum Gasteiger partial charge on any atom is -0.497 e. The Bertz CT molecular complexity index is 1390. The smallest absolute Gasteiger partial charge is 0.488 e. The van der Waals surface area contributed by atoms with E-state index in [4.69, 9.17) is 40.6 Å². The van der Waals surface area contributed by atoms with E-state index in [1.54, 1.807) is 32.7 Å². The van der Waals surface area contributed by atoms with Gasteiger partial charge in [0.05, 0.1) is 56.9 Å². The number of aryl methyl sites for hydroxylation is 4. The summed E-state index contributed by atoms with van der Waals surface area (Å²) >= 11 is 5.61. The minimum absolute atomic E-state index is 0.344. The van der Waals surface area contributed by atoms with Gasteiger partial charge < -0.3 is 29.0 Å². The third-order valence-electron chi connectivity index (χ3n) is 5.40. The summed E-state index contributed by atoms with van der Waals surface area (Å²) in [7, 11) is 4.73. The van der Waals surface area contributed by atoms with Crippen molar-refractivity contribution < 1.29 is 29.0 Å². The Hall–Kier alpha value is -3.93. The van der Waals surface area contributed by atoms with E-state index in [1.165, 1.54) is 26.4 Å². The number of hydrogen-bond acceptors (Lipinski definition) is 10. The molecule has 12 heteroatoms. The molecule has 0 saturated carbocycles. The highest BCUT2D eigenvalue weighted by Crippen LogP contribution is 2.32. The summed E-state index contributed by atoms with van der Waals surface area (Å²) in [5.41, 5.74) is 5.68. The standard InChI is InChI=1S/C14H16N2O2.C8H11BO4.C6H7ClN2/c1-9-8-15-14(10(2)16-9)11-5-6-12(17-3)13(7-11)18-4;1-12-7-3-6(9(10)11)4-8(5-7)13-2;1-4-3-8-6(7)5(2)9-4/h5-8H,1-4H3;3-5,10-11H,1-2H3;3H,1-2H3. The Morgan fingerprint density at radius 2 is 1.23 bits per heavy atom. The molecule has 2 aromatic carbocycles. The SMILES string of the molecule is COc1cc(OC)cc(B(O)O)c1.COc1ccc(-c2ncc(C)nc2C)cc1OC.Cc1cnc(Cl)c(C)n1. The van der Waals surface area contributed by atoms with Gasteiger partial charge in [0.25, 0.3) is 0 Å². The fourth-order valence-corrected chi connectivity index (χ4v) is 3.52. The molecule has 2 N–H and O–H groups in total. The molecule has 0 aliphatic rings. The van der Waals surface area contributed by atoms with Gasteiger partial charge in [0, 0.05) is 24.0 Å². The summed E-state index contributed by atoms with van der Waals surface area (Å²) in [6.45, 7) is 7.60. The van der Waals surface area contributed by atoms with Crippen LogP contribution in [0.25, 0.3) is 11.3 Å². The first-order chi connectivity index (χ1) is 19.0. The van der Waals surface area contributed by atoms with Gasteiger partial charge in [0.2, 0.25) is 0 Å². The Labute approximate surface area is 240 Å². The third kappa shape index (κ3) is 9.37. The Morgan fingerprint density at radius 1 is 0.675 bits per heavy atom. The fourth-order valence-electron chi connectivity index (χ4n) is 3.43. The van der Waals surface area contributed by atoms with E-state index in [0.717, 1.165) is 34.0 Å². The van der Waals surface area contributed by atoms with Crippen LogP contribution in [0, 0.1) is 27.7 Å². The zero-order chi connectivity index (χ0) is 29.8. The number of rotatable bonds is 6. The van der Waals surface area contributed by atoms with Crippen LogP contribution >= 0.6 is 11.6 Å². The highest BCUT2D eigenvalue weighted by Gasteiger charge is 2.13. The highest BCUT2D eigenvalue weighted by molar-refractivity contribution is 6.58.